The summed E-state index contributed by atoms with van der Waals surface area (Å²) in [6.45, 7) is 3.76. The molecule has 0 radical (unpaired) electrons. The zero-order valence-electron chi connectivity index (χ0n) is 6.37. The van der Waals surface area contributed by atoms with Crippen molar-refractivity contribution >= 4 is 34.0 Å². The highest BCUT2D eigenvalue weighted by molar-refractivity contribution is 8.93. The lowest BCUT2D eigenvalue weighted by Crippen LogP contribution is -2.29. The number of H-pyrrole nitrogens is 1. The van der Waals surface area contributed by atoms with Gasteiger partial charge in [0.1, 0.15) is 5.69 Å². The molecule has 3 N–H and O–H groups in total. The molecule has 0 aliphatic carbocycles. The molecule has 0 amide bonds. The molecule has 0 aliphatic heterocycles. The molecule has 0 fully saturated rings. The van der Waals surface area contributed by atoms with Crippen LogP contribution in [0.3, 0.4) is 0 Å². The van der Waals surface area contributed by atoms with E-state index in [2.05, 4.69) is 15.4 Å². The van der Waals surface area contributed by atoms with Gasteiger partial charge in [-0.1, -0.05) is 0 Å². The van der Waals surface area contributed by atoms with Gasteiger partial charge < -0.3 is 5.73 Å². The molecule has 0 unspecified atom stereocenters. The maximum Gasteiger partial charge on any atom is 0.102 e. The minimum Gasteiger partial charge on any atom is -0.320 e. The molecule has 1 aromatic rings. The van der Waals surface area contributed by atoms with Crippen LogP contribution < -0.4 is 5.73 Å². The van der Waals surface area contributed by atoms with Gasteiger partial charge in [0.2, 0.25) is 0 Å². The Kier molecular flexibility index (Phi) is 6.00. The van der Waals surface area contributed by atoms with E-state index in [1.165, 1.54) is 0 Å². The first-order valence-corrected chi connectivity index (χ1v) is 2.76. The molecule has 1 aromatic heterocycles. The second-order valence-electron chi connectivity index (χ2n) is 2.58. The number of aromatic amines is 1. The van der Waals surface area contributed by atoms with E-state index < -0.39 is 0 Å². The van der Waals surface area contributed by atoms with Crippen molar-refractivity contribution < 1.29 is 0 Å². The third-order valence-electron chi connectivity index (χ3n) is 1.08. The highest BCUT2D eigenvalue weighted by Crippen LogP contribution is 2.10. The largest absolute Gasteiger partial charge is 0.320 e. The van der Waals surface area contributed by atoms with Gasteiger partial charge in [0.15, 0.2) is 0 Å². The molecule has 6 heteroatoms. The van der Waals surface area contributed by atoms with Crippen molar-refractivity contribution in [3.63, 3.8) is 0 Å². The highest BCUT2D eigenvalue weighted by atomic mass is 79.9. The van der Waals surface area contributed by atoms with Gasteiger partial charge in [0.25, 0.3) is 0 Å². The molecule has 11 heavy (non-hydrogen) atoms. The monoisotopic (exact) mass is 286 g/mol. The first-order chi connectivity index (χ1) is 4.11. The van der Waals surface area contributed by atoms with E-state index in [1.54, 1.807) is 6.20 Å². The Balaban J connectivity index is 0. The quantitative estimate of drug-likeness (QED) is 0.814. The Bertz CT molecular complexity index is 179. The number of nitrogens with zero attached hydrogens (tertiary/aromatic N) is 2. The van der Waals surface area contributed by atoms with Crippen LogP contribution in [-0.2, 0) is 5.54 Å². The van der Waals surface area contributed by atoms with Crippen molar-refractivity contribution in [3.8, 4) is 0 Å². The van der Waals surface area contributed by atoms with Gasteiger partial charge in [-0.15, -0.1) is 34.0 Å². The van der Waals surface area contributed by atoms with E-state index in [0.29, 0.717) is 0 Å². The van der Waals surface area contributed by atoms with Crippen LogP contribution in [0.1, 0.15) is 19.5 Å². The molecular weight excluding hydrogens is 276 g/mol. The maximum absolute atomic E-state index is 5.68. The Morgan fingerprint density at radius 3 is 2.18 bits per heavy atom. The van der Waals surface area contributed by atoms with Crippen molar-refractivity contribution in [3.05, 3.63) is 11.9 Å². The summed E-state index contributed by atoms with van der Waals surface area (Å²) in [6.07, 6.45) is 1.62. The standard InChI is InChI=1S/C5H10N4.2BrH/c1-5(2,6)4-3-7-9-8-4;;/h3H,6H2,1-2H3,(H,7,8,9);2*1H. The number of halogens is 2. The molecule has 0 saturated heterocycles. The third-order valence-corrected chi connectivity index (χ3v) is 1.08. The van der Waals surface area contributed by atoms with Crippen LogP contribution in [0.5, 0.6) is 0 Å². The number of hydrogen-bond donors (Lipinski definition) is 2. The summed E-state index contributed by atoms with van der Waals surface area (Å²) >= 11 is 0. The lowest BCUT2D eigenvalue weighted by molar-refractivity contribution is 0.533. The van der Waals surface area contributed by atoms with Gasteiger partial charge in [-0.2, -0.15) is 15.4 Å². The summed E-state index contributed by atoms with van der Waals surface area (Å²) in [5.41, 5.74) is 6.08. The molecule has 1 heterocycles. The van der Waals surface area contributed by atoms with Crippen molar-refractivity contribution in [2.45, 2.75) is 19.4 Å². The summed E-state index contributed by atoms with van der Waals surface area (Å²) in [6, 6.07) is 0. The zero-order chi connectivity index (χ0) is 6.91. The van der Waals surface area contributed by atoms with Crippen molar-refractivity contribution in [1.29, 1.82) is 0 Å². The van der Waals surface area contributed by atoms with Crippen LogP contribution in [-0.4, -0.2) is 15.4 Å². The second-order valence-corrected chi connectivity index (χ2v) is 2.58. The van der Waals surface area contributed by atoms with E-state index in [-0.39, 0.29) is 39.5 Å². The van der Waals surface area contributed by atoms with E-state index in [1.807, 2.05) is 13.8 Å². The normalized spacial score (nSPS) is 9.73. The topological polar surface area (TPSA) is 67.6 Å². The minimum atomic E-state index is -0.382. The molecule has 0 atom stereocenters. The Morgan fingerprint density at radius 1 is 1.45 bits per heavy atom. The average molecular weight is 288 g/mol. The first kappa shape index (κ1) is 13.6. The second kappa shape index (κ2) is 4.84. The molecule has 0 spiro atoms. The molecule has 1 rings (SSSR count). The summed E-state index contributed by atoms with van der Waals surface area (Å²) in [5.74, 6) is 0. The molecule has 66 valence electrons. The minimum absolute atomic E-state index is 0. The summed E-state index contributed by atoms with van der Waals surface area (Å²) in [5, 5.41) is 9.96. The highest BCUT2D eigenvalue weighted by Gasteiger charge is 2.15. The van der Waals surface area contributed by atoms with Crippen molar-refractivity contribution in [1.82, 2.24) is 15.4 Å². The first-order valence-electron chi connectivity index (χ1n) is 2.76. The van der Waals surface area contributed by atoms with Crippen LogP contribution in [0.2, 0.25) is 0 Å². The van der Waals surface area contributed by atoms with Gasteiger partial charge in [-0.05, 0) is 13.8 Å². The predicted octanol–water partition coefficient (Wildman–Crippen LogP) is 1.15. The van der Waals surface area contributed by atoms with Gasteiger partial charge in [0, 0.05) is 0 Å². The smallest absolute Gasteiger partial charge is 0.102 e. The number of nitrogens with two attached hydrogens (primary N) is 1. The van der Waals surface area contributed by atoms with Crippen molar-refractivity contribution in [2.24, 2.45) is 5.73 Å². The Labute approximate surface area is 86.5 Å². The summed E-state index contributed by atoms with van der Waals surface area (Å²) in [7, 11) is 0. The Hall–Kier alpha value is 0.0600. The lowest BCUT2D eigenvalue weighted by Gasteiger charge is -2.12. The van der Waals surface area contributed by atoms with E-state index in [9.17, 15) is 0 Å². The average Bonchev–Trinajstić information content (AvgIpc) is 2.08. The van der Waals surface area contributed by atoms with Gasteiger partial charge >= 0.3 is 0 Å². The molecule has 0 bridgehead atoms. The van der Waals surface area contributed by atoms with Crippen molar-refractivity contribution in [2.75, 3.05) is 0 Å². The number of rotatable bonds is 1. The van der Waals surface area contributed by atoms with Crippen LogP contribution in [0.4, 0.5) is 0 Å². The van der Waals surface area contributed by atoms with Crippen LogP contribution in [0, 0.1) is 0 Å². The lowest BCUT2D eigenvalue weighted by atomic mass is 10.0. The molecule has 0 aliphatic rings. The number of hydrogen-bond acceptors (Lipinski definition) is 3. The molecule has 0 aromatic carbocycles. The zero-order valence-corrected chi connectivity index (χ0v) is 9.79. The fourth-order valence-electron chi connectivity index (χ4n) is 0.512. The number of aromatic nitrogens is 3. The molecule has 0 saturated carbocycles. The fraction of sp³-hybridized carbons (Fsp3) is 0.600. The summed E-state index contributed by atoms with van der Waals surface area (Å²) in [4.78, 5) is 0. The third kappa shape index (κ3) is 3.83. The van der Waals surface area contributed by atoms with Crippen LogP contribution in [0.25, 0.3) is 0 Å². The van der Waals surface area contributed by atoms with E-state index in [4.69, 9.17) is 5.73 Å². The van der Waals surface area contributed by atoms with Gasteiger partial charge in [-0.3, -0.25) is 0 Å². The Morgan fingerprint density at radius 2 is 2.00 bits per heavy atom. The van der Waals surface area contributed by atoms with Crippen LogP contribution >= 0.6 is 34.0 Å². The van der Waals surface area contributed by atoms with Crippen LogP contribution in [0.15, 0.2) is 6.20 Å². The summed E-state index contributed by atoms with van der Waals surface area (Å²) < 4.78 is 0. The molecule has 4 nitrogen and oxygen atoms in total. The van der Waals surface area contributed by atoms with E-state index >= 15 is 0 Å². The number of nitrogens with one attached hydrogen (secondary N) is 1. The SMILES string of the molecule is Br.Br.CC(C)(N)c1cn[nH]n1. The van der Waals surface area contributed by atoms with Gasteiger partial charge in [-0.25, -0.2) is 0 Å². The van der Waals surface area contributed by atoms with Gasteiger partial charge in [0.05, 0.1) is 11.7 Å². The van der Waals surface area contributed by atoms with E-state index in [0.717, 1.165) is 5.69 Å². The molecular formula is C5H12Br2N4. The predicted molar refractivity (Wildman–Crippen MR) is 54.2 cm³/mol. The maximum atomic E-state index is 5.68. The fourth-order valence-corrected chi connectivity index (χ4v) is 0.512.